The number of nitrogens with zero attached hydrogens (tertiary/aromatic N) is 4. The molecule has 0 saturated heterocycles. The van der Waals surface area contributed by atoms with Crippen molar-refractivity contribution in [3.8, 4) is 17.5 Å². The van der Waals surface area contributed by atoms with Gasteiger partial charge in [-0.05, 0) is 78.9 Å². The van der Waals surface area contributed by atoms with Crippen molar-refractivity contribution in [1.29, 1.82) is 0 Å². The highest BCUT2D eigenvalue weighted by Gasteiger charge is 2.28. The molecule has 0 bridgehead atoms. The zero-order chi connectivity index (χ0) is 28.4. The van der Waals surface area contributed by atoms with Gasteiger partial charge in [-0.2, -0.15) is 4.68 Å². The third-order valence-electron chi connectivity index (χ3n) is 5.63. The van der Waals surface area contributed by atoms with Gasteiger partial charge >= 0.3 is 0 Å². The molecule has 1 aromatic heterocycles. The zero-order valence-electron chi connectivity index (χ0n) is 21.2. The summed E-state index contributed by atoms with van der Waals surface area (Å²) in [6, 6.07) is 10.6. The van der Waals surface area contributed by atoms with E-state index < -0.39 is 21.3 Å². The molecule has 1 fully saturated rings. The summed E-state index contributed by atoms with van der Waals surface area (Å²) >= 11 is 14.0. The molecule has 2 amide bonds. The fraction of sp³-hybridized carbons (Fsp3) is 0.320. The summed E-state index contributed by atoms with van der Waals surface area (Å²) in [5, 5.41) is 15.7. The largest absolute Gasteiger partial charge is 0.324 e. The standard InChI is InChI=1S/C25H24Cl2N6O4S2/c1-25(2,23(35)30-39(3,36)37)11-10-15-4-8-20(18(26)12-15)28-22(34)14-38-24-29-31-32-33(24)21-9-7-17(13-19(21)27)16-5-6-16/h4,7-9,12-13,16H,5-6,14H2,1-3H3,(H,28,34)(H,30,35). The summed E-state index contributed by atoms with van der Waals surface area (Å²) in [5.74, 6) is 5.07. The van der Waals surface area contributed by atoms with Gasteiger partial charge in [-0.1, -0.05) is 52.9 Å². The number of nitrogens with one attached hydrogen (secondary N) is 2. The molecule has 2 N–H and O–H groups in total. The minimum atomic E-state index is -3.70. The van der Waals surface area contributed by atoms with Crippen LogP contribution in [0, 0.1) is 17.3 Å². The van der Waals surface area contributed by atoms with Crippen molar-refractivity contribution in [2.75, 3.05) is 17.3 Å². The number of thioether (sulfide) groups is 1. The van der Waals surface area contributed by atoms with E-state index in [1.165, 1.54) is 43.0 Å². The number of rotatable bonds is 8. The van der Waals surface area contributed by atoms with Crippen molar-refractivity contribution in [3.05, 3.63) is 57.6 Å². The van der Waals surface area contributed by atoms with Crippen LogP contribution in [0.5, 0.6) is 0 Å². The topological polar surface area (TPSA) is 136 Å². The number of hydrogen-bond donors (Lipinski definition) is 2. The molecule has 1 aliphatic rings. The van der Waals surface area contributed by atoms with E-state index in [0.717, 1.165) is 18.0 Å². The maximum atomic E-state index is 12.6. The highest BCUT2D eigenvalue weighted by atomic mass is 35.5. The van der Waals surface area contributed by atoms with Crippen LogP contribution in [0.3, 0.4) is 0 Å². The number of aromatic nitrogens is 4. The van der Waals surface area contributed by atoms with Gasteiger partial charge in [-0.25, -0.2) is 8.42 Å². The van der Waals surface area contributed by atoms with Gasteiger partial charge in [-0.3, -0.25) is 14.3 Å². The van der Waals surface area contributed by atoms with E-state index in [2.05, 4.69) is 32.7 Å². The summed E-state index contributed by atoms with van der Waals surface area (Å²) in [4.78, 5) is 24.8. The van der Waals surface area contributed by atoms with E-state index in [0.29, 0.717) is 33.0 Å². The first-order valence-electron chi connectivity index (χ1n) is 11.7. The van der Waals surface area contributed by atoms with Gasteiger partial charge < -0.3 is 5.32 Å². The molecule has 39 heavy (non-hydrogen) atoms. The minimum Gasteiger partial charge on any atom is -0.324 e. The number of hydrogen-bond acceptors (Lipinski definition) is 8. The number of amides is 2. The number of sulfonamides is 1. The molecule has 204 valence electrons. The lowest BCUT2D eigenvalue weighted by molar-refractivity contribution is -0.124. The third-order valence-corrected chi connectivity index (χ3v) is 7.72. The van der Waals surface area contributed by atoms with E-state index in [4.69, 9.17) is 23.2 Å². The summed E-state index contributed by atoms with van der Waals surface area (Å²) < 4.78 is 26.1. The Hall–Kier alpha value is -3.11. The smallest absolute Gasteiger partial charge is 0.251 e. The Labute approximate surface area is 240 Å². The summed E-state index contributed by atoms with van der Waals surface area (Å²) in [6.07, 6.45) is 3.23. The van der Waals surface area contributed by atoms with Crippen LogP contribution in [0.4, 0.5) is 5.69 Å². The minimum absolute atomic E-state index is 0.0136. The van der Waals surface area contributed by atoms with Gasteiger partial charge in [0.2, 0.25) is 21.1 Å². The lowest BCUT2D eigenvalue weighted by Gasteiger charge is -2.15. The van der Waals surface area contributed by atoms with E-state index in [-0.39, 0.29) is 16.7 Å². The predicted molar refractivity (Wildman–Crippen MR) is 151 cm³/mol. The van der Waals surface area contributed by atoms with Crippen molar-refractivity contribution in [2.24, 2.45) is 5.41 Å². The van der Waals surface area contributed by atoms with Crippen molar-refractivity contribution < 1.29 is 18.0 Å². The molecule has 10 nitrogen and oxygen atoms in total. The second-order valence-electron chi connectivity index (χ2n) is 9.47. The lowest BCUT2D eigenvalue weighted by Crippen LogP contribution is -2.39. The van der Waals surface area contributed by atoms with Crippen LogP contribution in [0.25, 0.3) is 5.69 Å². The molecule has 3 aromatic rings. The first kappa shape index (κ1) is 28.9. The molecule has 1 saturated carbocycles. The van der Waals surface area contributed by atoms with Crippen molar-refractivity contribution >= 4 is 62.5 Å². The molecule has 0 atom stereocenters. The Balaban J connectivity index is 1.37. The first-order valence-corrected chi connectivity index (χ1v) is 15.3. The normalized spacial score (nSPS) is 13.4. The number of anilines is 1. The average molecular weight is 608 g/mol. The van der Waals surface area contributed by atoms with E-state index in [9.17, 15) is 18.0 Å². The van der Waals surface area contributed by atoms with Gasteiger partial charge in [0.05, 0.1) is 33.4 Å². The summed E-state index contributed by atoms with van der Waals surface area (Å²) in [6.45, 7) is 3.00. The average Bonchev–Trinajstić information content (AvgIpc) is 3.60. The van der Waals surface area contributed by atoms with Gasteiger partial charge in [0.1, 0.15) is 5.41 Å². The van der Waals surface area contributed by atoms with Crippen molar-refractivity contribution in [2.45, 2.75) is 37.8 Å². The molecule has 4 rings (SSSR count). The molecule has 1 heterocycles. The van der Waals surface area contributed by atoms with E-state index in [1.54, 1.807) is 12.1 Å². The SMILES string of the molecule is CC(C)(C#Cc1ccc(NC(=O)CSc2nnnn2-c2ccc(C3CC3)cc2Cl)c(Cl)c1)C(=O)NS(C)(=O)=O. The molecule has 14 heteroatoms. The molecular formula is C25H24Cl2N6O4S2. The monoisotopic (exact) mass is 606 g/mol. The Morgan fingerprint density at radius 1 is 1.15 bits per heavy atom. The quantitative estimate of drug-likeness (QED) is 0.290. The number of carbonyl (C=O) groups is 2. The van der Waals surface area contributed by atoms with Crippen LogP contribution in [-0.4, -0.2) is 52.4 Å². The first-order chi connectivity index (χ1) is 18.3. The Morgan fingerprint density at radius 3 is 2.54 bits per heavy atom. The molecular weight excluding hydrogens is 583 g/mol. The van der Waals surface area contributed by atoms with Crippen LogP contribution >= 0.6 is 35.0 Å². The molecule has 0 radical (unpaired) electrons. The third kappa shape index (κ3) is 7.73. The fourth-order valence-corrected chi connectivity index (χ4v) is 5.15. The maximum absolute atomic E-state index is 12.6. The predicted octanol–water partition coefficient (Wildman–Crippen LogP) is 4.03. The van der Waals surface area contributed by atoms with Crippen LogP contribution < -0.4 is 10.0 Å². The van der Waals surface area contributed by atoms with Gasteiger partial charge in [-0.15, -0.1) is 5.10 Å². The lowest BCUT2D eigenvalue weighted by atomic mass is 9.93. The van der Waals surface area contributed by atoms with E-state index >= 15 is 0 Å². The second-order valence-corrected chi connectivity index (χ2v) is 13.0. The number of carbonyl (C=O) groups excluding carboxylic acids is 2. The van der Waals surface area contributed by atoms with Crippen LogP contribution in [0.15, 0.2) is 41.6 Å². The Bertz CT molecular complexity index is 1610. The van der Waals surface area contributed by atoms with Crippen LogP contribution in [0.2, 0.25) is 10.0 Å². The zero-order valence-corrected chi connectivity index (χ0v) is 24.3. The molecule has 0 aliphatic heterocycles. The Morgan fingerprint density at radius 2 is 1.90 bits per heavy atom. The van der Waals surface area contributed by atoms with Crippen LogP contribution in [0.1, 0.15) is 43.7 Å². The molecule has 2 aromatic carbocycles. The highest BCUT2D eigenvalue weighted by Crippen LogP contribution is 2.41. The number of tetrazole rings is 1. The van der Waals surface area contributed by atoms with Gasteiger partial charge in [0.25, 0.3) is 5.91 Å². The fourth-order valence-electron chi connectivity index (χ4n) is 3.38. The summed E-state index contributed by atoms with van der Waals surface area (Å²) in [5.41, 5.74) is 1.42. The van der Waals surface area contributed by atoms with Crippen molar-refractivity contribution in [1.82, 2.24) is 24.9 Å². The Kier molecular flexibility index (Phi) is 8.56. The second kappa shape index (κ2) is 11.6. The van der Waals surface area contributed by atoms with Gasteiger partial charge in [0, 0.05) is 5.56 Å². The van der Waals surface area contributed by atoms with Crippen LogP contribution in [-0.2, 0) is 19.6 Å². The van der Waals surface area contributed by atoms with Crippen molar-refractivity contribution in [3.63, 3.8) is 0 Å². The number of benzene rings is 2. The molecule has 0 spiro atoms. The van der Waals surface area contributed by atoms with Gasteiger partial charge in [0.15, 0.2) is 0 Å². The van der Waals surface area contributed by atoms with E-state index in [1.807, 2.05) is 22.9 Å². The molecule has 1 aliphatic carbocycles. The summed E-state index contributed by atoms with van der Waals surface area (Å²) in [7, 11) is -3.70. The number of halogens is 2. The maximum Gasteiger partial charge on any atom is 0.251 e. The highest BCUT2D eigenvalue weighted by molar-refractivity contribution is 7.99. The molecule has 0 unspecified atom stereocenters.